The van der Waals surface area contributed by atoms with Gasteiger partial charge in [-0.05, 0) is 48.0 Å². The molecule has 0 spiro atoms. The fourth-order valence-corrected chi connectivity index (χ4v) is 5.01. The van der Waals surface area contributed by atoms with Crippen molar-refractivity contribution in [1.29, 1.82) is 0 Å². The topological polar surface area (TPSA) is 49.3 Å². The number of nitrogens with zero attached hydrogens (tertiary/aromatic N) is 3. The number of benzene rings is 3. The molecule has 0 saturated carbocycles. The summed E-state index contributed by atoms with van der Waals surface area (Å²) in [4.78, 5) is 9.77. The van der Waals surface area contributed by atoms with Crippen molar-refractivity contribution in [3.8, 4) is 11.5 Å². The molecule has 0 radical (unpaired) electrons. The van der Waals surface area contributed by atoms with Crippen molar-refractivity contribution in [2.75, 3.05) is 38.3 Å². The Bertz CT molecular complexity index is 1310. The highest BCUT2D eigenvalue weighted by atomic mass is 35.5. The number of amidine groups is 1. The molecule has 0 amide bonds. The van der Waals surface area contributed by atoms with Gasteiger partial charge in [-0.15, -0.1) is 0 Å². The van der Waals surface area contributed by atoms with Gasteiger partial charge in [0.2, 0.25) is 6.79 Å². The molecular formula is C25H21Cl3N4O2. The lowest BCUT2D eigenvalue weighted by atomic mass is 10.1. The van der Waals surface area contributed by atoms with Gasteiger partial charge in [0.1, 0.15) is 5.84 Å². The van der Waals surface area contributed by atoms with E-state index in [-0.39, 0.29) is 0 Å². The molecule has 0 aromatic heterocycles. The molecule has 34 heavy (non-hydrogen) atoms. The molecule has 174 valence electrons. The van der Waals surface area contributed by atoms with Crippen LogP contribution in [-0.4, -0.2) is 48.6 Å². The number of fused-ring (bicyclic) bond motifs is 3. The third-order valence-corrected chi connectivity index (χ3v) is 7.23. The fraction of sp³-hybridized carbons (Fsp3) is 0.240. The maximum Gasteiger partial charge on any atom is 0.231 e. The van der Waals surface area contributed by atoms with Crippen LogP contribution in [0.5, 0.6) is 11.5 Å². The Hall–Kier alpha value is -2.64. The van der Waals surface area contributed by atoms with Crippen LogP contribution in [0.2, 0.25) is 15.1 Å². The van der Waals surface area contributed by atoms with Gasteiger partial charge in [-0.2, -0.15) is 0 Å². The van der Waals surface area contributed by atoms with Crippen molar-refractivity contribution < 1.29 is 9.47 Å². The van der Waals surface area contributed by atoms with Crippen molar-refractivity contribution in [2.24, 2.45) is 4.99 Å². The summed E-state index contributed by atoms with van der Waals surface area (Å²) in [6, 6.07) is 15.6. The van der Waals surface area contributed by atoms with E-state index in [0.29, 0.717) is 21.9 Å². The lowest BCUT2D eigenvalue weighted by Crippen LogP contribution is -2.48. The highest BCUT2D eigenvalue weighted by Gasteiger charge is 2.26. The Kier molecular flexibility index (Phi) is 5.70. The third kappa shape index (κ3) is 4.16. The van der Waals surface area contributed by atoms with Gasteiger partial charge in [0.25, 0.3) is 0 Å². The summed E-state index contributed by atoms with van der Waals surface area (Å²) < 4.78 is 10.9. The zero-order chi connectivity index (χ0) is 23.2. The van der Waals surface area contributed by atoms with Crippen molar-refractivity contribution >= 4 is 57.7 Å². The molecule has 3 aromatic rings. The van der Waals surface area contributed by atoms with Crippen LogP contribution >= 0.6 is 34.8 Å². The van der Waals surface area contributed by atoms with Crippen LogP contribution in [0.3, 0.4) is 0 Å². The van der Waals surface area contributed by atoms with Crippen molar-refractivity contribution in [2.45, 2.75) is 6.54 Å². The minimum absolute atomic E-state index is 0.292. The highest BCUT2D eigenvalue weighted by molar-refractivity contribution is 6.42. The second kappa shape index (κ2) is 8.86. The summed E-state index contributed by atoms with van der Waals surface area (Å²) >= 11 is 19.0. The predicted molar refractivity (Wildman–Crippen MR) is 137 cm³/mol. The molecule has 0 aliphatic carbocycles. The largest absolute Gasteiger partial charge is 0.454 e. The van der Waals surface area contributed by atoms with E-state index in [4.69, 9.17) is 49.3 Å². The Morgan fingerprint density at radius 1 is 0.824 bits per heavy atom. The predicted octanol–water partition coefficient (Wildman–Crippen LogP) is 6.33. The summed E-state index contributed by atoms with van der Waals surface area (Å²) in [5.74, 6) is 2.51. The number of piperazine rings is 1. The third-order valence-electron chi connectivity index (χ3n) is 6.27. The minimum Gasteiger partial charge on any atom is -0.454 e. The summed E-state index contributed by atoms with van der Waals surface area (Å²) in [6.07, 6.45) is 0. The average Bonchev–Trinajstić information content (AvgIpc) is 3.24. The molecule has 3 heterocycles. The van der Waals surface area contributed by atoms with Gasteiger partial charge in [0, 0.05) is 49.0 Å². The lowest BCUT2D eigenvalue weighted by molar-refractivity contribution is 0.172. The first kappa shape index (κ1) is 21.9. The van der Waals surface area contributed by atoms with E-state index in [1.165, 1.54) is 5.56 Å². The van der Waals surface area contributed by atoms with Gasteiger partial charge in [0.15, 0.2) is 11.5 Å². The zero-order valence-electron chi connectivity index (χ0n) is 18.2. The van der Waals surface area contributed by atoms with E-state index in [1.807, 2.05) is 30.3 Å². The second-order valence-electron chi connectivity index (χ2n) is 8.48. The van der Waals surface area contributed by atoms with Gasteiger partial charge in [0.05, 0.1) is 21.4 Å². The highest BCUT2D eigenvalue weighted by Crippen LogP contribution is 2.40. The second-order valence-corrected chi connectivity index (χ2v) is 9.74. The van der Waals surface area contributed by atoms with Gasteiger partial charge in [-0.1, -0.05) is 40.9 Å². The first-order chi connectivity index (χ1) is 16.5. The number of hydrogen-bond donors (Lipinski definition) is 1. The summed E-state index contributed by atoms with van der Waals surface area (Å²) in [5, 5.41) is 5.08. The SMILES string of the molecule is Clc1ccc2c(c1)C(N1CCN(Cc3ccc4c(c3)OCO4)CC1)=Nc1cc(Cl)c(Cl)cc1N2. The van der Waals surface area contributed by atoms with Gasteiger partial charge in [-0.3, -0.25) is 4.90 Å². The van der Waals surface area contributed by atoms with Crippen molar-refractivity contribution in [1.82, 2.24) is 9.80 Å². The first-order valence-corrected chi connectivity index (χ1v) is 12.2. The number of halogens is 3. The van der Waals surface area contributed by atoms with Crippen molar-refractivity contribution in [3.05, 3.63) is 74.7 Å². The summed E-state index contributed by atoms with van der Waals surface area (Å²) in [5.41, 5.74) is 4.67. The fourth-order valence-electron chi connectivity index (χ4n) is 4.52. The molecule has 0 atom stereocenters. The average molecular weight is 516 g/mol. The van der Waals surface area contributed by atoms with E-state index in [0.717, 1.165) is 72.7 Å². The molecular weight excluding hydrogens is 495 g/mol. The molecule has 9 heteroatoms. The van der Waals surface area contributed by atoms with Crippen LogP contribution in [0.25, 0.3) is 0 Å². The molecule has 1 fully saturated rings. The van der Waals surface area contributed by atoms with E-state index in [1.54, 1.807) is 6.07 Å². The Morgan fingerprint density at radius 2 is 1.62 bits per heavy atom. The molecule has 3 aromatic carbocycles. The van der Waals surface area contributed by atoms with Crippen LogP contribution in [-0.2, 0) is 6.54 Å². The minimum atomic E-state index is 0.292. The van der Waals surface area contributed by atoms with Gasteiger partial charge < -0.3 is 19.7 Å². The molecule has 1 N–H and O–H groups in total. The number of anilines is 2. The van der Waals surface area contributed by atoms with Gasteiger partial charge in [-0.25, -0.2) is 4.99 Å². The number of rotatable bonds is 2. The zero-order valence-corrected chi connectivity index (χ0v) is 20.4. The first-order valence-electron chi connectivity index (χ1n) is 11.0. The number of nitrogens with one attached hydrogen (secondary N) is 1. The quantitative estimate of drug-likeness (QED) is 0.432. The number of ether oxygens (including phenoxy) is 2. The Morgan fingerprint density at radius 3 is 2.47 bits per heavy atom. The summed E-state index contributed by atoms with van der Waals surface area (Å²) in [6.45, 7) is 4.65. The maximum absolute atomic E-state index is 6.38. The molecule has 0 bridgehead atoms. The summed E-state index contributed by atoms with van der Waals surface area (Å²) in [7, 11) is 0. The molecule has 6 nitrogen and oxygen atoms in total. The van der Waals surface area contributed by atoms with Crippen LogP contribution in [0.1, 0.15) is 11.1 Å². The smallest absolute Gasteiger partial charge is 0.231 e. The Balaban J connectivity index is 1.25. The van der Waals surface area contributed by atoms with Crippen LogP contribution in [0, 0.1) is 0 Å². The van der Waals surface area contributed by atoms with E-state index in [2.05, 4.69) is 27.2 Å². The standard InChI is InChI=1S/C25H21Cl3N4O2/c26-16-2-3-20-17(10-16)25(30-22-12-19(28)18(27)11-21(22)29-20)32-7-5-31(6-8-32)13-15-1-4-23-24(9-15)34-14-33-23/h1-4,9-12,29H,5-8,13-14H2. The molecule has 1 saturated heterocycles. The maximum atomic E-state index is 6.38. The van der Waals surface area contributed by atoms with E-state index >= 15 is 0 Å². The Labute approximate surface area is 212 Å². The van der Waals surface area contributed by atoms with Crippen LogP contribution < -0.4 is 14.8 Å². The monoisotopic (exact) mass is 514 g/mol. The lowest BCUT2D eigenvalue weighted by Gasteiger charge is -2.36. The van der Waals surface area contributed by atoms with Crippen molar-refractivity contribution in [3.63, 3.8) is 0 Å². The van der Waals surface area contributed by atoms with E-state index < -0.39 is 0 Å². The van der Waals surface area contributed by atoms with E-state index in [9.17, 15) is 0 Å². The molecule has 3 aliphatic heterocycles. The molecule has 6 rings (SSSR count). The van der Waals surface area contributed by atoms with Crippen LogP contribution in [0.15, 0.2) is 53.5 Å². The van der Waals surface area contributed by atoms with Crippen LogP contribution in [0.4, 0.5) is 17.1 Å². The normalized spacial score (nSPS) is 16.9. The molecule has 3 aliphatic rings. The number of aliphatic imine (C=N–C) groups is 1. The molecule has 0 unspecified atom stereocenters. The van der Waals surface area contributed by atoms with Gasteiger partial charge >= 0.3 is 0 Å². The number of hydrogen-bond acceptors (Lipinski definition) is 6.